The zero-order valence-electron chi connectivity index (χ0n) is 15.0. The van der Waals surface area contributed by atoms with Crippen molar-refractivity contribution in [3.8, 4) is 0 Å². The summed E-state index contributed by atoms with van der Waals surface area (Å²) in [7, 11) is 1.35. The van der Waals surface area contributed by atoms with Gasteiger partial charge in [0.15, 0.2) is 11.6 Å². The number of nitrogens with zero attached hydrogens (tertiary/aromatic N) is 2. The van der Waals surface area contributed by atoms with Gasteiger partial charge in [-0.1, -0.05) is 20.8 Å². The lowest BCUT2D eigenvalue weighted by molar-refractivity contribution is -0.117. The predicted molar refractivity (Wildman–Crippen MR) is 101 cm³/mol. The molecular formula is C17H21N5O3S. The van der Waals surface area contributed by atoms with E-state index in [0.29, 0.717) is 27.9 Å². The Bertz CT molecular complexity index is 849. The molecule has 2 aromatic heterocycles. The van der Waals surface area contributed by atoms with Gasteiger partial charge in [-0.2, -0.15) is 0 Å². The van der Waals surface area contributed by atoms with Crippen LogP contribution in [0.2, 0.25) is 0 Å². The Balaban J connectivity index is 1.96. The Morgan fingerprint density at radius 2 is 2.19 bits per heavy atom. The van der Waals surface area contributed by atoms with E-state index < -0.39 is 5.97 Å². The molecule has 0 bridgehead atoms. The smallest absolute Gasteiger partial charge is 0.340 e. The topological polar surface area (TPSA) is 105 Å². The van der Waals surface area contributed by atoms with Crippen molar-refractivity contribution in [1.82, 2.24) is 9.97 Å². The van der Waals surface area contributed by atoms with Crippen LogP contribution in [0.3, 0.4) is 0 Å². The van der Waals surface area contributed by atoms with Gasteiger partial charge >= 0.3 is 5.97 Å². The summed E-state index contributed by atoms with van der Waals surface area (Å²) >= 11 is 1.45. The van der Waals surface area contributed by atoms with Crippen molar-refractivity contribution < 1.29 is 14.3 Å². The van der Waals surface area contributed by atoms with Crippen LogP contribution in [-0.2, 0) is 16.0 Å². The standard InChI is InChI=1S/C17H21N5O3S/c1-5-9-6-10(17(24)25-4)16(26-9)22-14-12-13(18-7-19-14)20-11(8(2)3)15(23)21-12/h6-8,11H,5H2,1-4H3,(H,21,23)(H2,18,19,20,22). The van der Waals surface area contributed by atoms with E-state index in [1.165, 1.54) is 24.8 Å². The zero-order chi connectivity index (χ0) is 18.8. The van der Waals surface area contributed by atoms with Crippen LogP contribution in [0.4, 0.5) is 22.3 Å². The van der Waals surface area contributed by atoms with E-state index in [2.05, 4.69) is 25.9 Å². The Morgan fingerprint density at radius 1 is 1.42 bits per heavy atom. The Hall–Kier alpha value is -2.68. The molecule has 1 amide bonds. The average molecular weight is 375 g/mol. The predicted octanol–water partition coefficient (Wildman–Crippen LogP) is 3.02. The Morgan fingerprint density at radius 3 is 2.85 bits per heavy atom. The van der Waals surface area contributed by atoms with Crippen LogP contribution >= 0.6 is 11.3 Å². The number of carbonyl (C=O) groups is 2. The highest BCUT2D eigenvalue weighted by atomic mass is 32.1. The van der Waals surface area contributed by atoms with Crippen molar-refractivity contribution in [3.63, 3.8) is 0 Å². The van der Waals surface area contributed by atoms with E-state index in [1.807, 2.05) is 20.8 Å². The molecule has 1 aliphatic rings. The van der Waals surface area contributed by atoms with Gasteiger partial charge in [0.25, 0.3) is 0 Å². The van der Waals surface area contributed by atoms with Gasteiger partial charge in [0.2, 0.25) is 5.91 Å². The summed E-state index contributed by atoms with van der Waals surface area (Å²) in [5.41, 5.74) is 0.911. The first-order chi connectivity index (χ1) is 12.4. The maximum Gasteiger partial charge on any atom is 0.340 e. The fourth-order valence-corrected chi connectivity index (χ4v) is 3.65. The number of anilines is 4. The highest BCUT2D eigenvalue weighted by molar-refractivity contribution is 7.16. The van der Waals surface area contributed by atoms with Crippen LogP contribution in [-0.4, -0.2) is 35.0 Å². The summed E-state index contributed by atoms with van der Waals surface area (Å²) < 4.78 is 4.86. The minimum atomic E-state index is -0.423. The maximum atomic E-state index is 12.3. The minimum absolute atomic E-state index is 0.116. The van der Waals surface area contributed by atoms with Crippen molar-refractivity contribution >= 4 is 45.5 Å². The second-order valence-electron chi connectivity index (χ2n) is 6.23. The van der Waals surface area contributed by atoms with Crippen LogP contribution in [0.5, 0.6) is 0 Å². The SMILES string of the molecule is CCc1cc(C(=O)OC)c(Nc2ncnc3c2NC(=O)C(C(C)C)N3)s1. The summed E-state index contributed by atoms with van der Waals surface area (Å²) in [5, 5.41) is 9.78. The Kier molecular flexibility index (Phi) is 5.08. The van der Waals surface area contributed by atoms with E-state index in [9.17, 15) is 9.59 Å². The van der Waals surface area contributed by atoms with Crippen LogP contribution < -0.4 is 16.0 Å². The average Bonchev–Trinajstić information content (AvgIpc) is 3.04. The van der Waals surface area contributed by atoms with E-state index in [-0.39, 0.29) is 17.9 Å². The first kappa shape index (κ1) is 18.1. The maximum absolute atomic E-state index is 12.3. The molecular weight excluding hydrogens is 354 g/mol. The number of amides is 1. The van der Waals surface area contributed by atoms with Gasteiger partial charge in [-0.3, -0.25) is 4.79 Å². The molecule has 1 atom stereocenters. The fourth-order valence-electron chi connectivity index (χ4n) is 2.67. The van der Waals surface area contributed by atoms with Crippen LogP contribution in [0.1, 0.15) is 36.0 Å². The van der Waals surface area contributed by atoms with E-state index >= 15 is 0 Å². The highest BCUT2D eigenvalue weighted by Crippen LogP contribution is 2.37. The summed E-state index contributed by atoms with van der Waals surface area (Å²) in [6, 6.07) is 1.45. The van der Waals surface area contributed by atoms with Crippen molar-refractivity contribution in [2.24, 2.45) is 5.92 Å². The number of hydrogen-bond acceptors (Lipinski definition) is 8. The number of nitrogens with one attached hydrogen (secondary N) is 3. The lowest BCUT2D eigenvalue weighted by Crippen LogP contribution is -2.43. The molecule has 3 heterocycles. The number of carbonyl (C=O) groups excluding carboxylic acids is 2. The third-order valence-electron chi connectivity index (χ3n) is 4.11. The molecule has 0 radical (unpaired) electrons. The molecule has 0 spiro atoms. The minimum Gasteiger partial charge on any atom is -0.465 e. The lowest BCUT2D eigenvalue weighted by Gasteiger charge is -2.29. The first-order valence-corrected chi connectivity index (χ1v) is 9.16. The molecule has 1 unspecified atom stereocenters. The van der Waals surface area contributed by atoms with Gasteiger partial charge in [0, 0.05) is 4.88 Å². The highest BCUT2D eigenvalue weighted by Gasteiger charge is 2.31. The molecule has 0 aromatic carbocycles. The molecule has 2 aromatic rings. The number of aromatic nitrogens is 2. The number of aryl methyl sites for hydroxylation is 1. The third kappa shape index (κ3) is 3.34. The normalized spacial score (nSPS) is 15.9. The zero-order valence-corrected chi connectivity index (χ0v) is 15.9. The second kappa shape index (κ2) is 7.28. The molecule has 0 saturated heterocycles. The Labute approximate surface area is 155 Å². The van der Waals surface area contributed by atoms with Crippen molar-refractivity contribution in [2.45, 2.75) is 33.2 Å². The molecule has 8 nitrogen and oxygen atoms in total. The number of hydrogen-bond donors (Lipinski definition) is 3. The van der Waals surface area contributed by atoms with Gasteiger partial charge in [0.05, 0.1) is 12.7 Å². The first-order valence-electron chi connectivity index (χ1n) is 8.35. The third-order valence-corrected chi connectivity index (χ3v) is 5.30. The number of fused-ring (bicyclic) bond motifs is 1. The number of thiophene rings is 1. The second-order valence-corrected chi connectivity index (χ2v) is 7.36. The van der Waals surface area contributed by atoms with Crippen molar-refractivity contribution in [2.75, 3.05) is 23.1 Å². The molecule has 3 rings (SSSR count). The lowest BCUT2D eigenvalue weighted by atomic mass is 10.0. The van der Waals surface area contributed by atoms with Crippen LogP contribution in [0, 0.1) is 5.92 Å². The molecule has 138 valence electrons. The molecule has 0 fully saturated rings. The molecule has 9 heteroatoms. The molecule has 26 heavy (non-hydrogen) atoms. The van der Waals surface area contributed by atoms with Gasteiger partial charge in [-0.05, 0) is 18.4 Å². The number of methoxy groups -OCH3 is 1. The van der Waals surface area contributed by atoms with Gasteiger partial charge in [-0.25, -0.2) is 14.8 Å². The molecule has 0 aliphatic carbocycles. The summed E-state index contributed by atoms with van der Waals surface area (Å²) in [6.45, 7) is 5.94. The monoisotopic (exact) mass is 375 g/mol. The van der Waals surface area contributed by atoms with Gasteiger partial charge in [-0.15, -0.1) is 11.3 Å². The summed E-state index contributed by atoms with van der Waals surface area (Å²) in [6.07, 6.45) is 2.21. The summed E-state index contributed by atoms with van der Waals surface area (Å²) in [4.78, 5) is 33.9. The summed E-state index contributed by atoms with van der Waals surface area (Å²) in [5.74, 6) is 0.526. The van der Waals surface area contributed by atoms with E-state index in [1.54, 1.807) is 6.07 Å². The molecule has 0 saturated carbocycles. The number of ether oxygens (including phenoxy) is 1. The van der Waals surface area contributed by atoms with Crippen LogP contribution in [0.25, 0.3) is 0 Å². The van der Waals surface area contributed by atoms with E-state index in [4.69, 9.17) is 4.74 Å². The van der Waals surface area contributed by atoms with Gasteiger partial charge in [0.1, 0.15) is 23.1 Å². The molecule has 1 aliphatic heterocycles. The molecule has 3 N–H and O–H groups in total. The quantitative estimate of drug-likeness (QED) is 0.690. The number of esters is 1. The number of rotatable bonds is 5. The van der Waals surface area contributed by atoms with Crippen LogP contribution in [0.15, 0.2) is 12.4 Å². The van der Waals surface area contributed by atoms with Crippen molar-refractivity contribution in [3.05, 3.63) is 22.8 Å². The van der Waals surface area contributed by atoms with Crippen molar-refractivity contribution in [1.29, 1.82) is 0 Å². The van der Waals surface area contributed by atoms with E-state index in [0.717, 1.165) is 11.3 Å². The van der Waals surface area contributed by atoms with Gasteiger partial charge < -0.3 is 20.7 Å². The fraction of sp³-hybridized carbons (Fsp3) is 0.412. The largest absolute Gasteiger partial charge is 0.465 e.